The number of nitrogens with one attached hydrogen (secondary N) is 1. The molecule has 1 fully saturated rings. The zero-order valence-electron chi connectivity index (χ0n) is 8.81. The lowest BCUT2D eigenvalue weighted by Crippen LogP contribution is -2.24. The third-order valence-corrected chi connectivity index (χ3v) is 2.81. The molecule has 1 amide bonds. The first-order chi connectivity index (χ1) is 7.22. The van der Waals surface area contributed by atoms with Crippen molar-refractivity contribution in [1.29, 1.82) is 0 Å². The van der Waals surface area contributed by atoms with Crippen molar-refractivity contribution in [3.63, 3.8) is 0 Å². The summed E-state index contributed by atoms with van der Waals surface area (Å²) in [4.78, 5) is 11.2. The number of hydrogen-bond acceptors (Lipinski definition) is 3. The first-order valence-electron chi connectivity index (χ1n) is 5.26. The van der Waals surface area contributed by atoms with Crippen molar-refractivity contribution in [2.75, 3.05) is 11.9 Å². The van der Waals surface area contributed by atoms with Gasteiger partial charge in [0.1, 0.15) is 5.82 Å². The molecule has 0 saturated heterocycles. The third-order valence-electron chi connectivity index (χ3n) is 2.81. The maximum atomic E-state index is 11.2. The highest BCUT2D eigenvalue weighted by molar-refractivity contribution is 5.91. The Labute approximate surface area is 88.6 Å². The number of amides is 1. The molecule has 5 nitrogen and oxygen atoms in total. The van der Waals surface area contributed by atoms with Gasteiger partial charge in [-0.2, -0.15) is 5.10 Å². The molecule has 0 spiro atoms. The van der Waals surface area contributed by atoms with E-state index in [2.05, 4.69) is 17.3 Å². The monoisotopic (exact) mass is 208 g/mol. The first-order valence-corrected chi connectivity index (χ1v) is 5.26. The highest BCUT2D eigenvalue weighted by Crippen LogP contribution is 2.40. The van der Waals surface area contributed by atoms with Crippen LogP contribution in [0, 0.1) is 5.92 Å². The minimum absolute atomic E-state index is 0.00297. The molecule has 1 atom stereocenters. The number of carbonyl (C=O) groups excluding carboxylic acids is 1. The van der Waals surface area contributed by atoms with E-state index in [4.69, 9.17) is 5.73 Å². The second kappa shape index (κ2) is 4.02. The smallest absolute Gasteiger partial charge is 0.239 e. The Bertz CT molecular complexity index is 356. The summed E-state index contributed by atoms with van der Waals surface area (Å²) in [5, 5.41) is 6.97. The van der Waals surface area contributed by atoms with Gasteiger partial charge >= 0.3 is 0 Å². The van der Waals surface area contributed by atoms with Crippen LogP contribution in [0.1, 0.15) is 25.8 Å². The van der Waals surface area contributed by atoms with Crippen LogP contribution in [0.2, 0.25) is 0 Å². The van der Waals surface area contributed by atoms with Crippen LogP contribution in [0.5, 0.6) is 0 Å². The van der Waals surface area contributed by atoms with Gasteiger partial charge in [0, 0.05) is 6.07 Å². The average molecular weight is 208 g/mol. The predicted octanol–water partition coefficient (Wildman–Crippen LogP) is 0.751. The zero-order chi connectivity index (χ0) is 10.8. The standard InChI is InChI=1S/C10H16N4O/c1-7(8-2-3-8)14-9(4-5-12-14)13-10(15)6-11/h4-5,7-8H,2-3,6,11H2,1H3,(H,13,15). The molecule has 1 saturated carbocycles. The molecular weight excluding hydrogens is 192 g/mol. The Balaban J connectivity index is 2.10. The molecule has 1 aromatic rings. The summed E-state index contributed by atoms with van der Waals surface area (Å²) in [6.07, 6.45) is 4.21. The van der Waals surface area contributed by atoms with Crippen molar-refractivity contribution < 1.29 is 4.79 Å². The van der Waals surface area contributed by atoms with Gasteiger partial charge in [-0.3, -0.25) is 4.79 Å². The van der Waals surface area contributed by atoms with Gasteiger partial charge in [-0.25, -0.2) is 4.68 Å². The molecule has 3 N–H and O–H groups in total. The predicted molar refractivity (Wildman–Crippen MR) is 57.3 cm³/mol. The Hall–Kier alpha value is -1.36. The lowest BCUT2D eigenvalue weighted by atomic mass is 10.2. The van der Waals surface area contributed by atoms with Crippen molar-refractivity contribution in [3.8, 4) is 0 Å². The van der Waals surface area contributed by atoms with Crippen molar-refractivity contribution in [2.45, 2.75) is 25.8 Å². The van der Waals surface area contributed by atoms with E-state index >= 15 is 0 Å². The Morgan fingerprint density at radius 2 is 2.53 bits per heavy atom. The molecule has 1 aliphatic carbocycles. The normalized spacial score (nSPS) is 17.5. The molecule has 1 heterocycles. The largest absolute Gasteiger partial charge is 0.322 e. The van der Waals surface area contributed by atoms with Crippen LogP contribution in [0.3, 0.4) is 0 Å². The summed E-state index contributed by atoms with van der Waals surface area (Å²) in [5.74, 6) is 1.27. The highest BCUT2D eigenvalue weighted by Gasteiger charge is 2.30. The summed E-state index contributed by atoms with van der Waals surface area (Å²) < 4.78 is 1.87. The minimum atomic E-state index is -0.181. The van der Waals surface area contributed by atoms with Crippen molar-refractivity contribution >= 4 is 11.7 Å². The van der Waals surface area contributed by atoms with Gasteiger partial charge in [-0.15, -0.1) is 0 Å². The van der Waals surface area contributed by atoms with E-state index in [1.54, 1.807) is 12.3 Å². The van der Waals surface area contributed by atoms with Gasteiger partial charge in [0.2, 0.25) is 5.91 Å². The lowest BCUT2D eigenvalue weighted by Gasteiger charge is -2.14. The van der Waals surface area contributed by atoms with E-state index in [0.29, 0.717) is 12.0 Å². The van der Waals surface area contributed by atoms with Crippen molar-refractivity contribution in [3.05, 3.63) is 12.3 Å². The van der Waals surface area contributed by atoms with E-state index in [1.165, 1.54) is 12.8 Å². The number of aromatic nitrogens is 2. The van der Waals surface area contributed by atoms with Gasteiger partial charge in [0.05, 0.1) is 18.8 Å². The Morgan fingerprint density at radius 3 is 3.13 bits per heavy atom. The highest BCUT2D eigenvalue weighted by atomic mass is 16.1. The van der Waals surface area contributed by atoms with Gasteiger partial charge in [-0.05, 0) is 25.7 Å². The average Bonchev–Trinajstić information content (AvgIpc) is 2.99. The molecule has 0 bridgehead atoms. The summed E-state index contributed by atoms with van der Waals surface area (Å²) in [6.45, 7) is 2.13. The summed E-state index contributed by atoms with van der Waals surface area (Å²) in [5.41, 5.74) is 5.25. The summed E-state index contributed by atoms with van der Waals surface area (Å²) in [7, 11) is 0. The molecule has 1 aromatic heterocycles. The molecule has 1 unspecified atom stereocenters. The van der Waals surface area contributed by atoms with Crippen LogP contribution in [0.25, 0.3) is 0 Å². The fourth-order valence-corrected chi connectivity index (χ4v) is 1.71. The maximum absolute atomic E-state index is 11.2. The molecule has 15 heavy (non-hydrogen) atoms. The molecule has 0 aliphatic heterocycles. The molecule has 0 radical (unpaired) electrons. The molecule has 0 aromatic carbocycles. The second-order valence-corrected chi connectivity index (χ2v) is 3.99. The van der Waals surface area contributed by atoms with Crippen LogP contribution in [0.4, 0.5) is 5.82 Å². The molecule has 2 rings (SSSR count). The number of anilines is 1. The van der Waals surface area contributed by atoms with Crippen LogP contribution in [-0.2, 0) is 4.79 Å². The number of nitrogens with zero attached hydrogens (tertiary/aromatic N) is 2. The van der Waals surface area contributed by atoms with Crippen LogP contribution >= 0.6 is 0 Å². The molecule has 82 valence electrons. The topological polar surface area (TPSA) is 72.9 Å². The molecule has 5 heteroatoms. The Kier molecular flexibility index (Phi) is 2.73. The van der Waals surface area contributed by atoms with E-state index in [-0.39, 0.29) is 12.5 Å². The van der Waals surface area contributed by atoms with E-state index in [0.717, 1.165) is 5.82 Å². The Morgan fingerprint density at radius 1 is 1.80 bits per heavy atom. The van der Waals surface area contributed by atoms with Gasteiger partial charge in [0.25, 0.3) is 0 Å². The molecular formula is C10H16N4O. The van der Waals surface area contributed by atoms with Crippen molar-refractivity contribution in [2.24, 2.45) is 11.7 Å². The number of rotatable bonds is 4. The summed E-state index contributed by atoms with van der Waals surface area (Å²) >= 11 is 0. The zero-order valence-corrected chi connectivity index (χ0v) is 8.81. The first kappa shape index (κ1) is 10.2. The van der Waals surface area contributed by atoms with Gasteiger partial charge in [0.15, 0.2) is 0 Å². The quantitative estimate of drug-likeness (QED) is 0.767. The van der Waals surface area contributed by atoms with Gasteiger partial charge < -0.3 is 11.1 Å². The fourth-order valence-electron chi connectivity index (χ4n) is 1.71. The number of carbonyl (C=O) groups is 1. The van der Waals surface area contributed by atoms with E-state index in [9.17, 15) is 4.79 Å². The van der Waals surface area contributed by atoms with Crippen molar-refractivity contribution in [1.82, 2.24) is 9.78 Å². The fraction of sp³-hybridized carbons (Fsp3) is 0.600. The minimum Gasteiger partial charge on any atom is -0.322 e. The van der Waals surface area contributed by atoms with Crippen LogP contribution in [0.15, 0.2) is 12.3 Å². The maximum Gasteiger partial charge on any atom is 0.239 e. The van der Waals surface area contributed by atoms with Crippen LogP contribution in [-0.4, -0.2) is 22.2 Å². The second-order valence-electron chi connectivity index (χ2n) is 3.99. The molecule has 1 aliphatic rings. The van der Waals surface area contributed by atoms with Crippen LogP contribution < -0.4 is 11.1 Å². The lowest BCUT2D eigenvalue weighted by molar-refractivity contribution is -0.114. The summed E-state index contributed by atoms with van der Waals surface area (Å²) in [6, 6.07) is 2.15. The SMILES string of the molecule is CC(C1CC1)n1nccc1NC(=O)CN. The number of nitrogens with two attached hydrogens (primary N) is 1. The number of hydrogen-bond donors (Lipinski definition) is 2. The van der Waals surface area contributed by atoms with E-state index < -0.39 is 0 Å². The third kappa shape index (κ3) is 2.18. The van der Waals surface area contributed by atoms with E-state index in [1.807, 2.05) is 4.68 Å². The van der Waals surface area contributed by atoms with Gasteiger partial charge in [-0.1, -0.05) is 0 Å².